The van der Waals surface area contributed by atoms with E-state index < -0.39 is 0 Å². The second kappa shape index (κ2) is 6.97. The number of unbranched alkanes of at least 4 members (excludes halogenated alkanes) is 1. The van der Waals surface area contributed by atoms with Crippen molar-refractivity contribution >= 4 is 5.91 Å². The highest BCUT2D eigenvalue weighted by Crippen LogP contribution is 2.11. The molecule has 100 valence electrons. The lowest BCUT2D eigenvalue weighted by molar-refractivity contribution is -0.135. The molecule has 1 amide bonds. The van der Waals surface area contributed by atoms with Gasteiger partial charge in [0.2, 0.25) is 5.91 Å². The van der Waals surface area contributed by atoms with E-state index in [0.717, 1.165) is 45.4 Å². The number of carbonyl (C=O) groups excluding carboxylic acids is 1. The number of amides is 1. The molecule has 0 saturated carbocycles. The zero-order valence-electron chi connectivity index (χ0n) is 11.5. The van der Waals surface area contributed by atoms with Crippen molar-refractivity contribution < 1.29 is 4.79 Å². The van der Waals surface area contributed by atoms with Crippen molar-refractivity contribution in [3.05, 3.63) is 0 Å². The van der Waals surface area contributed by atoms with Crippen LogP contribution in [0, 0.1) is 0 Å². The Bertz CT molecular complexity index is 245. The third kappa shape index (κ3) is 3.96. The molecule has 2 N–H and O–H groups in total. The van der Waals surface area contributed by atoms with Gasteiger partial charge in [0, 0.05) is 25.7 Å². The highest BCUT2D eigenvalue weighted by molar-refractivity contribution is 5.81. The lowest BCUT2D eigenvalue weighted by Gasteiger charge is -2.40. The van der Waals surface area contributed by atoms with Crippen LogP contribution in [0.4, 0.5) is 0 Å². The minimum Gasteiger partial charge on any atom is -0.339 e. The van der Waals surface area contributed by atoms with Crippen LogP contribution in [-0.4, -0.2) is 54.0 Å². The first-order valence-corrected chi connectivity index (χ1v) is 6.88. The van der Waals surface area contributed by atoms with Gasteiger partial charge < -0.3 is 10.6 Å². The van der Waals surface area contributed by atoms with E-state index in [1.54, 1.807) is 0 Å². The van der Waals surface area contributed by atoms with Crippen LogP contribution in [0.25, 0.3) is 0 Å². The number of piperazine rings is 1. The number of rotatable bonds is 5. The second-order valence-electron chi connectivity index (χ2n) is 5.01. The molecule has 0 aromatic carbocycles. The van der Waals surface area contributed by atoms with Crippen LogP contribution in [0.2, 0.25) is 0 Å². The summed E-state index contributed by atoms with van der Waals surface area (Å²) in [4.78, 5) is 16.5. The summed E-state index contributed by atoms with van der Waals surface area (Å²) in [6.45, 7) is 10.2. The maximum atomic E-state index is 12.1. The van der Waals surface area contributed by atoms with Crippen LogP contribution < -0.4 is 5.73 Å². The van der Waals surface area contributed by atoms with Gasteiger partial charge in [0.05, 0.1) is 6.04 Å². The molecule has 1 heterocycles. The zero-order chi connectivity index (χ0) is 12.8. The van der Waals surface area contributed by atoms with E-state index >= 15 is 0 Å². The van der Waals surface area contributed by atoms with Crippen molar-refractivity contribution in [1.82, 2.24) is 9.80 Å². The Balaban J connectivity index is 2.43. The number of carbonyl (C=O) groups is 1. The Morgan fingerprint density at radius 1 is 1.41 bits per heavy atom. The van der Waals surface area contributed by atoms with E-state index in [2.05, 4.69) is 25.7 Å². The molecule has 1 saturated heterocycles. The van der Waals surface area contributed by atoms with Crippen LogP contribution in [0.5, 0.6) is 0 Å². The van der Waals surface area contributed by atoms with Crippen LogP contribution in [0.3, 0.4) is 0 Å². The smallest absolute Gasteiger partial charge is 0.239 e. The molecule has 1 rings (SSSR count). The summed E-state index contributed by atoms with van der Waals surface area (Å²) in [5, 5.41) is 0. The van der Waals surface area contributed by atoms with Crippen molar-refractivity contribution in [1.29, 1.82) is 0 Å². The quantitative estimate of drug-likeness (QED) is 0.783. The summed E-state index contributed by atoms with van der Waals surface area (Å²) in [7, 11) is 0. The number of likely N-dealkylation sites (N-methyl/N-ethyl adjacent to an activating group) is 1. The van der Waals surface area contributed by atoms with Crippen LogP contribution >= 0.6 is 0 Å². The predicted octanol–water partition coefficient (Wildman–Crippen LogP) is 1.06. The van der Waals surface area contributed by atoms with Gasteiger partial charge in [-0.2, -0.15) is 0 Å². The normalized spacial score (nSPS) is 23.8. The first kappa shape index (κ1) is 14.5. The Kier molecular flexibility index (Phi) is 5.92. The van der Waals surface area contributed by atoms with Crippen LogP contribution in [-0.2, 0) is 4.79 Å². The van der Waals surface area contributed by atoms with Gasteiger partial charge in [-0.15, -0.1) is 0 Å². The lowest BCUT2D eigenvalue weighted by Crippen LogP contribution is -2.56. The molecule has 2 atom stereocenters. The topological polar surface area (TPSA) is 49.6 Å². The van der Waals surface area contributed by atoms with Crippen LogP contribution in [0.15, 0.2) is 0 Å². The lowest BCUT2D eigenvalue weighted by atomic mass is 10.1. The first-order chi connectivity index (χ1) is 8.10. The second-order valence-corrected chi connectivity index (χ2v) is 5.01. The molecular formula is C13H27N3O. The summed E-state index contributed by atoms with van der Waals surface area (Å²) in [6.07, 6.45) is 2.95. The molecule has 0 aromatic rings. The van der Waals surface area contributed by atoms with E-state index in [-0.39, 0.29) is 11.9 Å². The van der Waals surface area contributed by atoms with E-state index in [1.807, 2.05) is 4.90 Å². The minimum atomic E-state index is -0.296. The summed E-state index contributed by atoms with van der Waals surface area (Å²) in [6, 6.07) is 0.159. The average molecular weight is 241 g/mol. The molecule has 0 spiro atoms. The molecule has 1 aliphatic rings. The average Bonchev–Trinajstić information content (AvgIpc) is 2.34. The SMILES string of the molecule is CCCC[C@H](N)C(=O)N1CCN(CC)C(C)C1. The molecule has 1 unspecified atom stereocenters. The third-order valence-electron chi connectivity index (χ3n) is 3.67. The van der Waals surface area contributed by atoms with Gasteiger partial charge in [-0.1, -0.05) is 26.7 Å². The van der Waals surface area contributed by atoms with Crippen molar-refractivity contribution in [3.8, 4) is 0 Å². The highest BCUT2D eigenvalue weighted by atomic mass is 16.2. The highest BCUT2D eigenvalue weighted by Gasteiger charge is 2.28. The first-order valence-electron chi connectivity index (χ1n) is 6.88. The summed E-state index contributed by atoms with van der Waals surface area (Å²) in [5.41, 5.74) is 5.94. The zero-order valence-corrected chi connectivity index (χ0v) is 11.5. The molecule has 0 aliphatic carbocycles. The largest absolute Gasteiger partial charge is 0.339 e. The molecule has 0 aromatic heterocycles. The molecule has 0 radical (unpaired) electrons. The van der Waals surface area contributed by atoms with E-state index in [1.165, 1.54) is 0 Å². The number of nitrogens with two attached hydrogens (primary N) is 1. The maximum absolute atomic E-state index is 12.1. The Morgan fingerprint density at radius 3 is 2.65 bits per heavy atom. The number of hydrogen-bond donors (Lipinski definition) is 1. The van der Waals surface area contributed by atoms with Gasteiger partial charge in [0.15, 0.2) is 0 Å². The fraction of sp³-hybridized carbons (Fsp3) is 0.923. The van der Waals surface area contributed by atoms with Crippen LogP contribution in [0.1, 0.15) is 40.0 Å². The van der Waals surface area contributed by atoms with Crippen molar-refractivity contribution in [3.63, 3.8) is 0 Å². The monoisotopic (exact) mass is 241 g/mol. The fourth-order valence-electron chi connectivity index (χ4n) is 2.45. The summed E-state index contributed by atoms with van der Waals surface area (Å²) < 4.78 is 0. The standard InChI is InChI=1S/C13H27N3O/c1-4-6-7-12(14)13(17)16-9-8-15(5-2)11(3)10-16/h11-12H,4-10,14H2,1-3H3/t11?,12-/m0/s1. The van der Waals surface area contributed by atoms with Gasteiger partial charge in [0.25, 0.3) is 0 Å². The predicted molar refractivity (Wildman–Crippen MR) is 70.8 cm³/mol. The molecule has 1 fully saturated rings. The van der Waals surface area contributed by atoms with Gasteiger partial charge in [-0.05, 0) is 19.9 Å². The van der Waals surface area contributed by atoms with E-state index in [4.69, 9.17) is 5.73 Å². The minimum absolute atomic E-state index is 0.140. The third-order valence-corrected chi connectivity index (χ3v) is 3.67. The molecule has 4 heteroatoms. The van der Waals surface area contributed by atoms with Gasteiger partial charge >= 0.3 is 0 Å². The molecule has 0 bridgehead atoms. The number of nitrogens with zero attached hydrogens (tertiary/aromatic N) is 2. The number of hydrogen-bond acceptors (Lipinski definition) is 3. The molecular weight excluding hydrogens is 214 g/mol. The molecule has 17 heavy (non-hydrogen) atoms. The summed E-state index contributed by atoms with van der Waals surface area (Å²) >= 11 is 0. The summed E-state index contributed by atoms with van der Waals surface area (Å²) in [5.74, 6) is 0.140. The maximum Gasteiger partial charge on any atom is 0.239 e. The van der Waals surface area contributed by atoms with Gasteiger partial charge in [-0.3, -0.25) is 9.69 Å². The fourth-order valence-corrected chi connectivity index (χ4v) is 2.45. The Morgan fingerprint density at radius 2 is 2.12 bits per heavy atom. The van der Waals surface area contributed by atoms with Crippen molar-refractivity contribution in [2.75, 3.05) is 26.2 Å². The van der Waals surface area contributed by atoms with E-state index in [9.17, 15) is 4.79 Å². The molecule has 4 nitrogen and oxygen atoms in total. The Labute approximate surface area is 105 Å². The van der Waals surface area contributed by atoms with Gasteiger partial charge in [0.1, 0.15) is 0 Å². The van der Waals surface area contributed by atoms with E-state index in [0.29, 0.717) is 6.04 Å². The van der Waals surface area contributed by atoms with Crippen molar-refractivity contribution in [2.45, 2.75) is 52.1 Å². The van der Waals surface area contributed by atoms with Gasteiger partial charge in [-0.25, -0.2) is 0 Å². The molecule has 1 aliphatic heterocycles. The Hall–Kier alpha value is -0.610. The van der Waals surface area contributed by atoms with Crippen molar-refractivity contribution in [2.24, 2.45) is 5.73 Å².